The molecular weight excluding hydrogens is 615 g/mol. The number of carbonyl (C=O) groups is 2. The largest absolute Gasteiger partial charge is 0.497 e. The SMILES string of the molecule is CNC(=O)c1ccc(OC(F)F)cc1.COc1cc(F)c(C2CC(=O)N(c3nc(C4CCN(CCO)CC4)ccc3F)C2)c(F)c1. The Hall–Kier alpha value is -4.30. The number of rotatable bonds is 9. The van der Waals surface area contributed by atoms with Gasteiger partial charge in [0.1, 0.15) is 23.1 Å². The number of halogens is 5. The van der Waals surface area contributed by atoms with Crippen LogP contribution >= 0.6 is 0 Å². The number of carbonyl (C=O) groups excluding carboxylic acids is 2. The van der Waals surface area contributed by atoms with Crippen LogP contribution in [-0.4, -0.2) is 80.4 Å². The zero-order valence-electron chi connectivity index (χ0n) is 25.3. The number of piperidine rings is 1. The van der Waals surface area contributed by atoms with Gasteiger partial charge in [-0.05, 0) is 62.3 Å². The molecule has 5 rings (SSSR count). The highest BCUT2D eigenvalue weighted by atomic mass is 19.3. The predicted octanol–water partition coefficient (Wildman–Crippen LogP) is 4.85. The number of pyridine rings is 1. The Kier molecular flexibility index (Phi) is 11.9. The number of alkyl halides is 2. The highest BCUT2D eigenvalue weighted by molar-refractivity contribution is 5.96. The average molecular weight is 651 g/mol. The molecule has 0 saturated carbocycles. The third-order valence-electron chi connectivity index (χ3n) is 7.92. The molecule has 1 aromatic heterocycles. The Morgan fingerprint density at radius 1 is 1.00 bits per heavy atom. The number of aromatic nitrogens is 1. The molecule has 1 unspecified atom stereocenters. The molecule has 9 nitrogen and oxygen atoms in total. The summed E-state index contributed by atoms with van der Waals surface area (Å²) in [4.78, 5) is 31.5. The molecule has 3 heterocycles. The molecule has 14 heteroatoms. The quantitative estimate of drug-likeness (QED) is 0.320. The number of nitrogens with one attached hydrogen (secondary N) is 1. The number of benzene rings is 2. The van der Waals surface area contributed by atoms with Gasteiger partial charge in [-0.3, -0.25) is 14.5 Å². The summed E-state index contributed by atoms with van der Waals surface area (Å²) in [6.07, 6.45) is 1.50. The predicted molar refractivity (Wildman–Crippen MR) is 159 cm³/mol. The number of ether oxygens (including phenoxy) is 2. The fraction of sp³-hybridized carbons (Fsp3) is 0.406. The number of likely N-dealkylation sites (tertiary alicyclic amines) is 1. The lowest BCUT2D eigenvalue weighted by atomic mass is 9.93. The van der Waals surface area contributed by atoms with Crippen molar-refractivity contribution in [3.05, 3.63) is 82.8 Å². The van der Waals surface area contributed by atoms with Gasteiger partial charge in [0.2, 0.25) is 5.91 Å². The van der Waals surface area contributed by atoms with Crippen LogP contribution in [0.25, 0.3) is 0 Å². The lowest BCUT2D eigenvalue weighted by molar-refractivity contribution is -0.117. The number of hydrogen-bond donors (Lipinski definition) is 2. The van der Waals surface area contributed by atoms with Crippen molar-refractivity contribution in [2.75, 3.05) is 51.8 Å². The summed E-state index contributed by atoms with van der Waals surface area (Å²) in [6, 6.07) is 10.5. The average Bonchev–Trinajstić information content (AvgIpc) is 3.41. The number of aliphatic hydroxyl groups excluding tert-OH is 1. The summed E-state index contributed by atoms with van der Waals surface area (Å²) in [5, 5.41) is 11.5. The van der Waals surface area contributed by atoms with Gasteiger partial charge in [-0.15, -0.1) is 0 Å². The van der Waals surface area contributed by atoms with Gasteiger partial charge in [-0.25, -0.2) is 18.2 Å². The van der Waals surface area contributed by atoms with Crippen molar-refractivity contribution in [2.24, 2.45) is 0 Å². The van der Waals surface area contributed by atoms with Crippen LogP contribution in [0.15, 0.2) is 48.5 Å². The smallest absolute Gasteiger partial charge is 0.387 e. The van der Waals surface area contributed by atoms with Crippen molar-refractivity contribution in [3.63, 3.8) is 0 Å². The Labute approximate surface area is 262 Å². The molecule has 2 fully saturated rings. The summed E-state index contributed by atoms with van der Waals surface area (Å²) in [7, 11) is 2.80. The molecule has 0 spiro atoms. The molecular formula is C32H35F5N4O5. The molecule has 2 amide bonds. The van der Waals surface area contributed by atoms with Crippen molar-refractivity contribution in [3.8, 4) is 11.5 Å². The maximum absolute atomic E-state index is 14.7. The van der Waals surface area contributed by atoms with Crippen LogP contribution in [0.3, 0.4) is 0 Å². The summed E-state index contributed by atoms with van der Waals surface area (Å²) in [6.45, 7) is -0.559. The Balaban J connectivity index is 0.000000288. The first kappa shape index (κ1) is 34.6. The molecule has 3 aromatic rings. The van der Waals surface area contributed by atoms with Crippen LogP contribution < -0.4 is 19.7 Å². The van der Waals surface area contributed by atoms with E-state index in [2.05, 4.69) is 19.9 Å². The minimum atomic E-state index is -2.85. The number of hydrogen-bond acceptors (Lipinski definition) is 7. The van der Waals surface area contributed by atoms with Crippen molar-refractivity contribution in [1.29, 1.82) is 0 Å². The van der Waals surface area contributed by atoms with Crippen molar-refractivity contribution < 1.29 is 46.1 Å². The van der Waals surface area contributed by atoms with E-state index in [1.165, 1.54) is 49.4 Å². The van der Waals surface area contributed by atoms with Crippen molar-refractivity contribution in [1.82, 2.24) is 15.2 Å². The van der Waals surface area contributed by atoms with Crippen molar-refractivity contribution >= 4 is 17.6 Å². The maximum atomic E-state index is 14.7. The van der Waals surface area contributed by atoms with Gasteiger partial charge < -0.3 is 24.8 Å². The van der Waals surface area contributed by atoms with E-state index in [1.54, 1.807) is 6.07 Å². The second kappa shape index (κ2) is 15.8. The lowest BCUT2D eigenvalue weighted by Gasteiger charge is -2.31. The first-order valence-corrected chi connectivity index (χ1v) is 14.6. The molecule has 0 radical (unpaired) electrons. The third-order valence-corrected chi connectivity index (χ3v) is 7.92. The zero-order chi connectivity index (χ0) is 33.4. The minimum Gasteiger partial charge on any atom is -0.497 e. The fourth-order valence-corrected chi connectivity index (χ4v) is 5.56. The van der Waals surface area contributed by atoms with Crippen LogP contribution in [0.5, 0.6) is 11.5 Å². The van der Waals surface area contributed by atoms with Crippen LogP contribution in [0.2, 0.25) is 0 Å². The van der Waals surface area contributed by atoms with Crippen molar-refractivity contribution in [2.45, 2.75) is 37.7 Å². The molecule has 2 aromatic carbocycles. The normalized spacial score (nSPS) is 17.1. The Bertz CT molecular complexity index is 1480. The van der Waals surface area contributed by atoms with Crippen LogP contribution in [0.1, 0.15) is 52.7 Å². The first-order valence-electron chi connectivity index (χ1n) is 14.6. The van der Waals surface area contributed by atoms with Crippen LogP contribution in [-0.2, 0) is 4.79 Å². The van der Waals surface area contributed by atoms with E-state index in [-0.39, 0.29) is 54.3 Å². The summed E-state index contributed by atoms with van der Waals surface area (Å²) < 4.78 is 76.2. The topological polar surface area (TPSA) is 104 Å². The van der Waals surface area contributed by atoms with E-state index in [4.69, 9.17) is 9.84 Å². The van der Waals surface area contributed by atoms with E-state index in [0.29, 0.717) is 17.8 Å². The van der Waals surface area contributed by atoms with Gasteiger partial charge in [0, 0.05) is 67.3 Å². The van der Waals surface area contributed by atoms with Gasteiger partial charge >= 0.3 is 6.61 Å². The first-order chi connectivity index (χ1) is 22.0. The number of anilines is 1. The highest BCUT2D eigenvalue weighted by Gasteiger charge is 2.37. The number of amides is 2. The Morgan fingerprint density at radius 3 is 2.22 bits per heavy atom. The van der Waals surface area contributed by atoms with E-state index in [9.17, 15) is 31.5 Å². The molecule has 1 atom stereocenters. The molecule has 248 valence electrons. The van der Waals surface area contributed by atoms with E-state index < -0.39 is 35.9 Å². The van der Waals surface area contributed by atoms with Gasteiger partial charge in [-0.2, -0.15) is 8.78 Å². The maximum Gasteiger partial charge on any atom is 0.387 e. The number of β-amino-alcohol motifs (C(OH)–C–C–N with tert-alkyl or cyclic N) is 1. The second-order valence-electron chi connectivity index (χ2n) is 10.8. The monoisotopic (exact) mass is 650 g/mol. The van der Waals surface area contributed by atoms with E-state index >= 15 is 0 Å². The summed E-state index contributed by atoms with van der Waals surface area (Å²) in [5.41, 5.74) is 0.895. The number of methoxy groups -OCH3 is 1. The summed E-state index contributed by atoms with van der Waals surface area (Å²) >= 11 is 0. The molecule has 2 N–H and O–H groups in total. The van der Waals surface area contributed by atoms with Crippen LogP contribution in [0.4, 0.5) is 27.8 Å². The van der Waals surface area contributed by atoms with Gasteiger partial charge in [0.05, 0.1) is 13.7 Å². The highest BCUT2D eigenvalue weighted by Crippen LogP contribution is 2.37. The molecule has 46 heavy (non-hydrogen) atoms. The summed E-state index contributed by atoms with van der Waals surface area (Å²) in [5.74, 6) is -3.56. The van der Waals surface area contributed by atoms with Crippen LogP contribution in [0, 0.1) is 17.5 Å². The number of aliphatic hydroxyl groups is 1. The second-order valence-corrected chi connectivity index (χ2v) is 10.8. The third kappa shape index (κ3) is 8.49. The van der Waals surface area contributed by atoms with Gasteiger partial charge in [0.25, 0.3) is 5.91 Å². The molecule has 2 saturated heterocycles. The van der Waals surface area contributed by atoms with Gasteiger partial charge in [-0.1, -0.05) is 0 Å². The molecule has 0 bridgehead atoms. The molecule has 0 aliphatic carbocycles. The molecule has 2 aliphatic heterocycles. The van der Waals surface area contributed by atoms with E-state index in [0.717, 1.165) is 38.1 Å². The van der Waals surface area contributed by atoms with E-state index in [1.807, 2.05) is 0 Å². The zero-order valence-corrected chi connectivity index (χ0v) is 25.3. The van der Waals surface area contributed by atoms with Gasteiger partial charge in [0.15, 0.2) is 11.6 Å². The minimum absolute atomic E-state index is 0.0349. The number of nitrogens with zero attached hydrogens (tertiary/aromatic N) is 3. The Morgan fingerprint density at radius 2 is 1.65 bits per heavy atom. The lowest BCUT2D eigenvalue weighted by Crippen LogP contribution is -2.35. The molecule has 2 aliphatic rings. The fourth-order valence-electron chi connectivity index (χ4n) is 5.56. The standard InChI is InChI=1S/C23H26F3N3O3.C9H9F2NO2/c1-32-16-11-18(25)22(19(26)12-16)15-10-21(31)29(13-15)23-17(24)2-3-20(27-23)14-4-6-28(7-5-14)8-9-30;1-12-8(13)6-2-4-7(5-3-6)14-9(10)11/h2-3,11-12,14-15,30H,4-10,13H2,1H3;2-5,9H,1H3,(H,12,13).